The number of rotatable bonds is 7. The van der Waals surface area contributed by atoms with Crippen molar-refractivity contribution in [2.24, 2.45) is 4.99 Å². The summed E-state index contributed by atoms with van der Waals surface area (Å²) in [5, 5.41) is 9.23. The number of amides is 1. The summed E-state index contributed by atoms with van der Waals surface area (Å²) < 4.78 is 0. The molecule has 2 aromatic carbocycles. The first-order chi connectivity index (χ1) is 12.2. The van der Waals surface area contributed by atoms with Gasteiger partial charge in [-0.2, -0.15) is 0 Å². The Morgan fingerprint density at radius 2 is 1.65 bits per heavy atom. The lowest BCUT2D eigenvalue weighted by molar-refractivity contribution is 0.0963. The Morgan fingerprint density at radius 1 is 0.962 bits per heavy atom. The van der Waals surface area contributed by atoms with Gasteiger partial charge < -0.3 is 16.0 Å². The fourth-order valence-electron chi connectivity index (χ4n) is 2.47. The summed E-state index contributed by atoms with van der Waals surface area (Å²) in [6.45, 7) is 1.52. The number of carbonyl (C=O) groups excluding carboxylic acids is 1. The third kappa shape index (κ3) is 7.43. The van der Waals surface area contributed by atoms with Gasteiger partial charge in [-0.15, -0.1) is 24.0 Å². The minimum absolute atomic E-state index is 0. The standard InChI is InChI=1S/C20H26N4O.HI/c1-21-19(25)18-12-10-17(11-13-18)15-24-20(22-2)23-14-6-9-16-7-4-3-5-8-16;/h3-5,7-8,10-13H,6,9,14-15H2,1-2H3,(H,21,25)(H2,22,23,24);1H. The Labute approximate surface area is 172 Å². The zero-order valence-electron chi connectivity index (χ0n) is 15.3. The Bertz CT molecular complexity index is 687. The minimum Gasteiger partial charge on any atom is -0.356 e. The van der Waals surface area contributed by atoms with Crippen molar-refractivity contribution in [1.82, 2.24) is 16.0 Å². The van der Waals surface area contributed by atoms with Gasteiger partial charge in [-0.05, 0) is 36.1 Å². The molecule has 3 N–H and O–H groups in total. The molecule has 5 nitrogen and oxygen atoms in total. The molecule has 1 amide bonds. The van der Waals surface area contributed by atoms with E-state index < -0.39 is 0 Å². The smallest absolute Gasteiger partial charge is 0.251 e. The minimum atomic E-state index is -0.0737. The molecule has 0 unspecified atom stereocenters. The topological polar surface area (TPSA) is 65.5 Å². The van der Waals surface area contributed by atoms with E-state index in [0.717, 1.165) is 30.9 Å². The van der Waals surface area contributed by atoms with E-state index in [-0.39, 0.29) is 29.9 Å². The molecule has 140 valence electrons. The number of hydrogen-bond acceptors (Lipinski definition) is 2. The fourth-order valence-corrected chi connectivity index (χ4v) is 2.47. The predicted octanol–water partition coefficient (Wildman–Crippen LogP) is 2.96. The second kappa shape index (κ2) is 12.3. The normalized spacial score (nSPS) is 10.6. The van der Waals surface area contributed by atoms with Crippen LogP contribution < -0.4 is 16.0 Å². The van der Waals surface area contributed by atoms with Gasteiger partial charge in [0.1, 0.15) is 0 Å². The highest BCUT2D eigenvalue weighted by Gasteiger charge is 2.03. The molecule has 0 radical (unpaired) electrons. The predicted molar refractivity (Wildman–Crippen MR) is 118 cm³/mol. The van der Waals surface area contributed by atoms with Crippen molar-refractivity contribution in [2.75, 3.05) is 20.6 Å². The van der Waals surface area contributed by atoms with Crippen molar-refractivity contribution in [3.8, 4) is 0 Å². The number of guanidine groups is 1. The number of halogens is 1. The third-order valence-electron chi connectivity index (χ3n) is 3.90. The van der Waals surface area contributed by atoms with Crippen LogP contribution in [0.1, 0.15) is 27.9 Å². The highest BCUT2D eigenvalue weighted by Crippen LogP contribution is 2.04. The van der Waals surface area contributed by atoms with Gasteiger partial charge in [-0.3, -0.25) is 9.79 Å². The van der Waals surface area contributed by atoms with Gasteiger partial charge in [0.15, 0.2) is 5.96 Å². The maximum absolute atomic E-state index is 11.5. The molecule has 2 aromatic rings. The van der Waals surface area contributed by atoms with Crippen molar-refractivity contribution < 1.29 is 4.79 Å². The van der Waals surface area contributed by atoms with Gasteiger partial charge in [-0.25, -0.2) is 0 Å². The summed E-state index contributed by atoms with van der Waals surface area (Å²) in [5.74, 6) is 0.707. The van der Waals surface area contributed by atoms with Crippen LogP contribution in [0, 0.1) is 0 Å². The molecule has 0 aliphatic heterocycles. The number of nitrogens with zero attached hydrogens (tertiary/aromatic N) is 1. The summed E-state index contributed by atoms with van der Waals surface area (Å²) in [6.07, 6.45) is 2.09. The first-order valence-corrected chi connectivity index (χ1v) is 8.52. The largest absolute Gasteiger partial charge is 0.356 e. The average Bonchev–Trinajstić information content (AvgIpc) is 2.68. The van der Waals surface area contributed by atoms with E-state index in [1.165, 1.54) is 5.56 Å². The van der Waals surface area contributed by atoms with E-state index >= 15 is 0 Å². The van der Waals surface area contributed by atoms with E-state index in [2.05, 4.69) is 45.2 Å². The quantitative estimate of drug-likeness (QED) is 0.255. The molecule has 0 spiro atoms. The molecule has 0 aliphatic rings. The van der Waals surface area contributed by atoms with Gasteiger partial charge in [-0.1, -0.05) is 42.5 Å². The number of carbonyl (C=O) groups is 1. The van der Waals surface area contributed by atoms with Gasteiger partial charge >= 0.3 is 0 Å². The molecule has 0 heterocycles. The van der Waals surface area contributed by atoms with Gasteiger partial charge in [0.2, 0.25) is 0 Å². The lowest BCUT2D eigenvalue weighted by Crippen LogP contribution is -2.37. The number of aliphatic imine (C=N–C) groups is 1. The van der Waals surface area contributed by atoms with Crippen molar-refractivity contribution in [1.29, 1.82) is 0 Å². The van der Waals surface area contributed by atoms with E-state index in [9.17, 15) is 4.79 Å². The van der Waals surface area contributed by atoms with Crippen LogP contribution in [0.2, 0.25) is 0 Å². The molecule has 2 rings (SSSR count). The number of aryl methyl sites for hydroxylation is 1. The van der Waals surface area contributed by atoms with Crippen LogP contribution in [-0.2, 0) is 13.0 Å². The van der Waals surface area contributed by atoms with Crippen LogP contribution in [0.4, 0.5) is 0 Å². The molecule has 6 heteroatoms. The van der Waals surface area contributed by atoms with E-state index in [4.69, 9.17) is 0 Å². The summed E-state index contributed by atoms with van der Waals surface area (Å²) >= 11 is 0. The van der Waals surface area contributed by atoms with Gasteiger partial charge in [0.05, 0.1) is 0 Å². The van der Waals surface area contributed by atoms with Gasteiger partial charge in [0, 0.05) is 32.7 Å². The number of benzene rings is 2. The van der Waals surface area contributed by atoms with Crippen LogP contribution in [0.5, 0.6) is 0 Å². The number of hydrogen-bond donors (Lipinski definition) is 3. The molecule has 0 atom stereocenters. The average molecular weight is 466 g/mol. The zero-order chi connectivity index (χ0) is 17.9. The Balaban J connectivity index is 0.00000338. The van der Waals surface area contributed by atoms with Crippen molar-refractivity contribution in [2.45, 2.75) is 19.4 Å². The molecular formula is C20H27IN4O. The van der Waals surface area contributed by atoms with Crippen LogP contribution in [-0.4, -0.2) is 32.5 Å². The molecule has 0 saturated carbocycles. The maximum atomic E-state index is 11.5. The summed E-state index contributed by atoms with van der Waals surface area (Å²) in [7, 11) is 3.40. The lowest BCUT2D eigenvalue weighted by Gasteiger charge is -2.12. The van der Waals surface area contributed by atoms with Crippen LogP contribution in [0.15, 0.2) is 59.6 Å². The first kappa shape index (κ1) is 22.0. The first-order valence-electron chi connectivity index (χ1n) is 8.52. The zero-order valence-corrected chi connectivity index (χ0v) is 17.6. The van der Waals surface area contributed by atoms with Crippen LogP contribution in [0.25, 0.3) is 0 Å². The maximum Gasteiger partial charge on any atom is 0.251 e. The fraction of sp³-hybridized carbons (Fsp3) is 0.300. The van der Waals surface area contributed by atoms with Crippen molar-refractivity contribution >= 4 is 35.8 Å². The Hall–Kier alpha value is -2.09. The van der Waals surface area contributed by atoms with E-state index in [1.807, 2.05) is 30.3 Å². The summed E-state index contributed by atoms with van der Waals surface area (Å²) in [5.41, 5.74) is 3.11. The van der Waals surface area contributed by atoms with E-state index in [0.29, 0.717) is 12.1 Å². The second-order valence-electron chi connectivity index (χ2n) is 5.72. The lowest BCUT2D eigenvalue weighted by atomic mass is 10.1. The highest BCUT2D eigenvalue weighted by molar-refractivity contribution is 14.0. The molecule has 26 heavy (non-hydrogen) atoms. The van der Waals surface area contributed by atoms with Crippen molar-refractivity contribution in [3.63, 3.8) is 0 Å². The van der Waals surface area contributed by atoms with Crippen molar-refractivity contribution in [3.05, 3.63) is 71.3 Å². The molecule has 0 bridgehead atoms. The summed E-state index contributed by atoms with van der Waals surface area (Å²) in [4.78, 5) is 15.8. The molecule has 0 fully saturated rings. The monoisotopic (exact) mass is 466 g/mol. The molecular weight excluding hydrogens is 439 g/mol. The summed E-state index contributed by atoms with van der Waals surface area (Å²) in [6, 6.07) is 18.0. The molecule has 0 aromatic heterocycles. The number of nitrogens with one attached hydrogen (secondary N) is 3. The Kier molecular flexibility index (Phi) is 10.4. The van der Waals surface area contributed by atoms with E-state index in [1.54, 1.807) is 14.1 Å². The van der Waals surface area contributed by atoms with Gasteiger partial charge in [0.25, 0.3) is 5.91 Å². The SMILES string of the molecule is CN=C(NCCCc1ccccc1)NCc1ccc(C(=O)NC)cc1.I. The second-order valence-corrected chi connectivity index (χ2v) is 5.72. The van der Waals surface area contributed by atoms with Crippen LogP contribution >= 0.6 is 24.0 Å². The highest BCUT2D eigenvalue weighted by atomic mass is 127. The van der Waals surface area contributed by atoms with Crippen LogP contribution in [0.3, 0.4) is 0 Å². The Morgan fingerprint density at radius 3 is 2.27 bits per heavy atom. The molecule has 0 aliphatic carbocycles. The molecule has 0 saturated heterocycles. The third-order valence-corrected chi connectivity index (χ3v) is 3.90.